The van der Waals surface area contributed by atoms with E-state index in [1.165, 1.54) is 25.1 Å². The molecule has 0 fully saturated rings. The molecule has 1 rings (SSSR count). The highest BCUT2D eigenvalue weighted by Gasteiger charge is 2.32. The molecule has 0 aromatic heterocycles. The van der Waals surface area contributed by atoms with Crippen molar-refractivity contribution in [2.24, 2.45) is 0 Å². The van der Waals surface area contributed by atoms with Crippen molar-refractivity contribution in [3.8, 4) is 5.75 Å². The number of nitrogens with one attached hydrogen (secondary N) is 1. The van der Waals surface area contributed by atoms with Crippen LogP contribution in [0.4, 0.5) is 4.39 Å². The Labute approximate surface area is 115 Å². The van der Waals surface area contributed by atoms with E-state index in [0.29, 0.717) is 0 Å². The standard InChI is InChI=1S/C13H18FNO5/c1-9(20-11-4-2-3-10(14)5-11)12(19)15-13(6-16,7-17)8-18/h2-5,9,16-18H,6-8H2,1H3,(H,15,19). The molecule has 0 bridgehead atoms. The van der Waals surface area contributed by atoms with Crippen molar-refractivity contribution in [3.63, 3.8) is 0 Å². The molecule has 1 unspecified atom stereocenters. The molecule has 0 aliphatic heterocycles. The number of aliphatic hydroxyl groups is 3. The zero-order chi connectivity index (χ0) is 15.2. The van der Waals surface area contributed by atoms with E-state index in [4.69, 9.17) is 20.1 Å². The average molecular weight is 287 g/mol. The smallest absolute Gasteiger partial charge is 0.261 e. The molecule has 0 aliphatic rings. The van der Waals surface area contributed by atoms with Gasteiger partial charge in [-0.15, -0.1) is 0 Å². The predicted octanol–water partition coefficient (Wildman–Crippen LogP) is -0.575. The molecular formula is C13H18FNO5. The van der Waals surface area contributed by atoms with Gasteiger partial charge >= 0.3 is 0 Å². The zero-order valence-corrected chi connectivity index (χ0v) is 11.0. The van der Waals surface area contributed by atoms with Crippen LogP contribution in [-0.2, 0) is 4.79 Å². The normalized spacial score (nSPS) is 12.8. The van der Waals surface area contributed by atoms with Crippen LogP contribution < -0.4 is 10.1 Å². The van der Waals surface area contributed by atoms with Gasteiger partial charge in [-0.2, -0.15) is 0 Å². The van der Waals surface area contributed by atoms with Gasteiger partial charge < -0.3 is 25.4 Å². The number of ether oxygens (including phenoxy) is 1. The summed E-state index contributed by atoms with van der Waals surface area (Å²) in [7, 11) is 0. The lowest BCUT2D eigenvalue weighted by Gasteiger charge is -2.30. The van der Waals surface area contributed by atoms with E-state index < -0.39 is 43.2 Å². The van der Waals surface area contributed by atoms with Gasteiger partial charge in [0.1, 0.15) is 17.1 Å². The fraction of sp³-hybridized carbons (Fsp3) is 0.462. The van der Waals surface area contributed by atoms with Crippen LogP contribution in [0.15, 0.2) is 24.3 Å². The van der Waals surface area contributed by atoms with Gasteiger partial charge in [0.25, 0.3) is 5.91 Å². The van der Waals surface area contributed by atoms with E-state index in [1.807, 2.05) is 0 Å². The molecule has 112 valence electrons. The van der Waals surface area contributed by atoms with Gasteiger partial charge in [0.15, 0.2) is 6.10 Å². The summed E-state index contributed by atoms with van der Waals surface area (Å²) in [5.41, 5.74) is -1.52. The van der Waals surface area contributed by atoms with Gasteiger partial charge in [-0.3, -0.25) is 4.79 Å². The van der Waals surface area contributed by atoms with Crippen LogP contribution in [0, 0.1) is 5.82 Å². The minimum atomic E-state index is -1.52. The fourth-order valence-electron chi connectivity index (χ4n) is 1.43. The number of halogens is 1. The van der Waals surface area contributed by atoms with E-state index in [1.54, 1.807) is 0 Å². The quantitative estimate of drug-likeness (QED) is 0.538. The van der Waals surface area contributed by atoms with Crippen LogP contribution in [0.25, 0.3) is 0 Å². The molecule has 1 atom stereocenters. The predicted molar refractivity (Wildman–Crippen MR) is 68.6 cm³/mol. The molecule has 1 aromatic carbocycles. The van der Waals surface area contributed by atoms with Crippen LogP contribution in [0.2, 0.25) is 0 Å². The number of carbonyl (C=O) groups is 1. The Hall–Kier alpha value is -1.70. The van der Waals surface area contributed by atoms with Gasteiger partial charge in [0.2, 0.25) is 0 Å². The fourth-order valence-corrected chi connectivity index (χ4v) is 1.43. The average Bonchev–Trinajstić information content (AvgIpc) is 2.44. The Morgan fingerprint density at radius 1 is 1.35 bits per heavy atom. The van der Waals surface area contributed by atoms with Crippen molar-refractivity contribution in [2.75, 3.05) is 19.8 Å². The minimum absolute atomic E-state index is 0.176. The third kappa shape index (κ3) is 4.16. The molecule has 1 amide bonds. The summed E-state index contributed by atoms with van der Waals surface area (Å²) in [5, 5.41) is 29.6. The van der Waals surface area contributed by atoms with Gasteiger partial charge in [-0.25, -0.2) is 4.39 Å². The van der Waals surface area contributed by atoms with Gasteiger partial charge in [0, 0.05) is 6.07 Å². The molecule has 0 radical (unpaired) electrons. The number of rotatable bonds is 7. The van der Waals surface area contributed by atoms with E-state index in [-0.39, 0.29) is 5.75 Å². The van der Waals surface area contributed by atoms with Crippen molar-refractivity contribution >= 4 is 5.91 Å². The first-order chi connectivity index (χ1) is 9.46. The molecular weight excluding hydrogens is 269 g/mol. The summed E-state index contributed by atoms with van der Waals surface area (Å²) >= 11 is 0. The molecule has 6 nitrogen and oxygen atoms in total. The first-order valence-electron chi connectivity index (χ1n) is 6.03. The van der Waals surface area contributed by atoms with Crippen molar-refractivity contribution < 1.29 is 29.2 Å². The van der Waals surface area contributed by atoms with Crippen LogP contribution in [0.3, 0.4) is 0 Å². The molecule has 7 heteroatoms. The number of carbonyl (C=O) groups excluding carboxylic acids is 1. The summed E-state index contributed by atoms with van der Waals surface area (Å²) in [4.78, 5) is 11.9. The van der Waals surface area contributed by atoms with E-state index >= 15 is 0 Å². The summed E-state index contributed by atoms with van der Waals surface area (Å²) in [6.45, 7) is -0.452. The van der Waals surface area contributed by atoms with E-state index in [0.717, 1.165) is 6.07 Å². The highest BCUT2D eigenvalue weighted by atomic mass is 19.1. The monoisotopic (exact) mass is 287 g/mol. The summed E-state index contributed by atoms with van der Waals surface area (Å²) in [6.07, 6.45) is -0.985. The lowest BCUT2D eigenvalue weighted by Crippen LogP contribution is -2.59. The molecule has 0 saturated carbocycles. The van der Waals surface area contributed by atoms with Crippen molar-refractivity contribution in [1.29, 1.82) is 0 Å². The van der Waals surface area contributed by atoms with Crippen LogP contribution in [0.1, 0.15) is 6.92 Å². The second kappa shape index (κ2) is 7.18. The third-order valence-corrected chi connectivity index (χ3v) is 2.77. The second-order valence-electron chi connectivity index (χ2n) is 4.46. The van der Waals surface area contributed by atoms with Crippen molar-refractivity contribution in [2.45, 2.75) is 18.6 Å². The van der Waals surface area contributed by atoms with Crippen LogP contribution in [-0.4, -0.2) is 52.7 Å². The number of hydrogen-bond donors (Lipinski definition) is 4. The molecule has 0 aliphatic carbocycles. The lowest BCUT2D eigenvalue weighted by atomic mass is 10.0. The topological polar surface area (TPSA) is 99.0 Å². The maximum atomic E-state index is 13.0. The van der Waals surface area contributed by atoms with Crippen molar-refractivity contribution in [3.05, 3.63) is 30.1 Å². The largest absolute Gasteiger partial charge is 0.481 e. The Bertz CT molecular complexity index is 442. The molecule has 0 spiro atoms. The number of amides is 1. The minimum Gasteiger partial charge on any atom is -0.481 e. The van der Waals surface area contributed by atoms with Gasteiger partial charge in [-0.1, -0.05) is 6.07 Å². The molecule has 0 heterocycles. The molecule has 0 saturated heterocycles. The van der Waals surface area contributed by atoms with Crippen LogP contribution >= 0.6 is 0 Å². The maximum absolute atomic E-state index is 13.0. The molecule has 1 aromatic rings. The second-order valence-corrected chi connectivity index (χ2v) is 4.46. The zero-order valence-electron chi connectivity index (χ0n) is 11.0. The third-order valence-electron chi connectivity index (χ3n) is 2.77. The van der Waals surface area contributed by atoms with Crippen molar-refractivity contribution in [1.82, 2.24) is 5.32 Å². The van der Waals surface area contributed by atoms with E-state index in [2.05, 4.69) is 5.32 Å². The maximum Gasteiger partial charge on any atom is 0.261 e. The first kappa shape index (κ1) is 16.4. The SMILES string of the molecule is CC(Oc1cccc(F)c1)C(=O)NC(CO)(CO)CO. The highest BCUT2D eigenvalue weighted by Crippen LogP contribution is 2.14. The summed E-state index contributed by atoms with van der Waals surface area (Å²) in [6, 6.07) is 5.30. The lowest BCUT2D eigenvalue weighted by molar-refractivity contribution is -0.131. The summed E-state index contributed by atoms with van der Waals surface area (Å²) < 4.78 is 18.2. The Kier molecular flexibility index (Phi) is 5.87. The Morgan fingerprint density at radius 2 is 1.95 bits per heavy atom. The summed E-state index contributed by atoms with van der Waals surface area (Å²) in [5.74, 6) is -0.966. The highest BCUT2D eigenvalue weighted by molar-refractivity contribution is 5.81. The van der Waals surface area contributed by atoms with Gasteiger partial charge in [0.05, 0.1) is 19.8 Å². The Morgan fingerprint density at radius 3 is 2.45 bits per heavy atom. The molecule has 20 heavy (non-hydrogen) atoms. The van der Waals surface area contributed by atoms with Crippen LogP contribution in [0.5, 0.6) is 5.75 Å². The molecule has 4 N–H and O–H groups in total. The van der Waals surface area contributed by atoms with Gasteiger partial charge in [-0.05, 0) is 19.1 Å². The number of hydrogen-bond acceptors (Lipinski definition) is 5. The number of benzene rings is 1. The first-order valence-corrected chi connectivity index (χ1v) is 6.03. The van der Waals surface area contributed by atoms with E-state index in [9.17, 15) is 9.18 Å². The number of aliphatic hydroxyl groups excluding tert-OH is 3. The Balaban J connectivity index is 2.67.